The number of hydrogen-bond acceptors (Lipinski definition) is 4. The van der Waals surface area contributed by atoms with Crippen molar-refractivity contribution < 1.29 is 14.7 Å². The Morgan fingerprint density at radius 2 is 1.48 bits per heavy atom. The smallest absolute Gasteiger partial charge is 0.257 e. The van der Waals surface area contributed by atoms with Gasteiger partial charge in [0.1, 0.15) is 11.6 Å². The molecule has 6 heteroatoms. The molecule has 0 bridgehead atoms. The molecule has 0 saturated carbocycles. The van der Waals surface area contributed by atoms with E-state index in [4.69, 9.17) is 0 Å². The van der Waals surface area contributed by atoms with Crippen LogP contribution in [-0.4, -0.2) is 29.0 Å². The van der Waals surface area contributed by atoms with Crippen molar-refractivity contribution in [2.24, 2.45) is 0 Å². The quantitative estimate of drug-likeness (QED) is 0.745. The molecule has 0 aliphatic heterocycles. The fraction of sp³-hybridized carbons (Fsp3) is 0.381. The molecule has 1 aromatic heterocycles. The molecule has 0 fully saturated rings. The Hall–Kier alpha value is -2.89. The van der Waals surface area contributed by atoms with Gasteiger partial charge < -0.3 is 15.7 Å². The number of amides is 2. The van der Waals surface area contributed by atoms with E-state index in [9.17, 15) is 14.7 Å². The Bertz CT molecular complexity index is 786. The largest absolute Gasteiger partial charge is 0.507 e. The molecule has 148 valence electrons. The minimum Gasteiger partial charge on any atom is -0.507 e. The lowest BCUT2D eigenvalue weighted by Crippen LogP contribution is -2.20. The van der Waals surface area contributed by atoms with E-state index in [1.165, 1.54) is 19.2 Å². The van der Waals surface area contributed by atoms with Gasteiger partial charge in [-0.25, -0.2) is 4.98 Å². The third-order valence-corrected chi connectivity index (χ3v) is 3.51. The Morgan fingerprint density at radius 1 is 0.889 bits per heavy atom. The summed E-state index contributed by atoms with van der Waals surface area (Å²) in [5.74, 6) is -0.536. The average molecular weight is 373 g/mol. The van der Waals surface area contributed by atoms with Crippen LogP contribution in [0.2, 0.25) is 0 Å². The summed E-state index contributed by atoms with van der Waals surface area (Å²) in [6, 6.07) is 4.69. The Labute approximate surface area is 162 Å². The first-order valence-corrected chi connectivity index (χ1v) is 9.13. The fourth-order valence-electron chi connectivity index (χ4n) is 2.27. The molecular weight excluding hydrogens is 342 g/mol. The van der Waals surface area contributed by atoms with Crippen molar-refractivity contribution in [3.05, 3.63) is 52.2 Å². The van der Waals surface area contributed by atoms with Gasteiger partial charge in [0, 0.05) is 18.8 Å². The van der Waals surface area contributed by atoms with E-state index in [1.807, 2.05) is 47.6 Å². The molecule has 0 atom stereocenters. The zero-order valence-corrected chi connectivity index (χ0v) is 17.5. The molecule has 2 amide bonds. The number of carbonyl (C=O) groups excluding carboxylic acids is 2. The van der Waals surface area contributed by atoms with Crippen molar-refractivity contribution in [2.45, 2.75) is 48.5 Å². The highest BCUT2D eigenvalue weighted by Crippen LogP contribution is 2.23. The topological polar surface area (TPSA) is 91.3 Å². The van der Waals surface area contributed by atoms with E-state index in [1.54, 1.807) is 13.1 Å². The van der Waals surface area contributed by atoms with Crippen LogP contribution < -0.4 is 10.6 Å². The minimum atomic E-state index is -0.457. The second-order valence-electron chi connectivity index (χ2n) is 5.40. The van der Waals surface area contributed by atoms with Crippen LogP contribution in [0.1, 0.15) is 65.1 Å². The van der Waals surface area contributed by atoms with Gasteiger partial charge in [-0.2, -0.15) is 0 Å². The van der Waals surface area contributed by atoms with Gasteiger partial charge >= 0.3 is 0 Å². The molecule has 27 heavy (non-hydrogen) atoms. The molecule has 1 heterocycles. The van der Waals surface area contributed by atoms with Gasteiger partial charge in [0.25, 0.3) is 11.8 Å². The summed E-state index contributed by atoms with van der Waals surface area (Å²) in [5, 5.41) is 15.0. The summed E-state index contributed by atoms with van der Waals surface area (Å²) < 4.78 is 0. The zero-order chi connectivity index (χ0) is 21.1. The summed E-state index contributed by atoms with van der Waals surface area (Å²) in [4.78, 5) is 28.4. The summed E-state index contributed by atoms with van der Waals surface area (Å²) in [6.07, 6.45) is 1.67. The van der Waals surface area contributed by atoms with E-state index in [0.717, 1.165) is 11.1 Å². The third kappa shape index (κ3) is 6.40. The third-order valence-electron chi connectivity index (χ3n) is 3.51. The number of benzene rings is 1. The molecule has 0 unspecified atom stereocenters. The number of anilines is 1. The van der Waals surface area contributed by atoms with E-state index in [0.29, 0.717) is 16.9 Å². The fourth-order valence-corrected chi connectivity index (χ4v) is 2.27. The van der Waals surface area contributed by atoms with Crippen LogP contribution >= 0.6 is 0 Å². The van der Waals surface area contributed by atoms with Crippen molar-refractivity contribution in [2.75, 3.05) is 12.4 Å². The Kier molecular flexibility index (Phi) is 10.4. The standard InChI is InChI=1S/C17H19N3O3.2C2H6/c1-9-5-11(3)15(19-8-9)20-17(23)12-7-13(16(22)18-4)14(21)6-10(12)2;2*1-2/h5-8,21H,1-4H3,(H,18,22)(H,19,20,23);2*1-2H3. The number of nitrogens with one attached hydrogen (secondary N) is 2. The lowest BCUT2D eigenvalue weighted by molar-refractivity contribution is 0.0960. The van der Waals surface area contributed by atoms with Crippen molar-refractivity contribution in [3.8, 4) is 5.75 Å². The molecule has 0 radical (unpaired) electrons. The molecule has 0 aliphatic rings. The first-order valence-electron chi connectivity index (χ1n) is 9.13. The number of rotatable bonds is 3. The number of phenolic OH excluding ortho intramolecular Hbond substituents is 1. The lowest BCUT2D eigenvalue weighted by atomic mass is 10.0. The maximum Gasteiger partial charge on any atom is 0.257 e. The normalized spacial score (nSPS) is 9.19. The SMILES string of the molecule is CC.CC.CNC(=O)c1cc(C(=O)Nc2ncc(C)cc2C)c(C)cc1O. The van der Waals surface area contributed by atoms with Crippen molar-refractivity contribution in [3.63, 3.8) is 0 Å². The van der Waals surface area contributed by atoms with Crippen molar-refractivity contribution >= 4 is 17.6 Å². The molecule has 0 saturated heterocycles. The summed E-state index contributed by atoms with van der Waals surface area (Å²) in [5.41, 5.74) is 2.78. The Balaban J connectivity index is 0.00000158. The van der Waals surface area contributed by atoms with Crippen molar-refractivity contribution in [1.29, 1.82) is 0 Å². The number of hydrogen-bond donors (Lipinski definition) is 3. The average Bonchev–Trinajstić information content (AvgIpc) is 2.66. The second-order valence-corrected chi connectivity index (χ2v) is 5.40. The summed E-state index contributed by atoms with van der Waals surface area (Å²) >= 11 is 0. The van der Waals surface area contributed by atoms with Crippen LogP contribution in [0.4, 0.5) is 5.82 Å². The molecule has 0 aliphatic carbocycles. The maximum absolute atomic E-state index is 12.5. The van der Waals surface area contributed by atoms with Gasteiger partial charge in [-0.05, 0) is 49.6 Å². The molecule has 0 spiro atoms. The van der Waals surface area contributed by atoms with E-state index in [2.05, 4.69) is 15.6 Å². The number of carbonyl (C=O) groups is 2. The first-order chi connectivity index (χ1) is 12.8. The second kappa shape index (κ2) is 11.7. The highest BCUT2D eigenvalue weighted by atomic mass is 16.3. The van der Waals surface area contributed by atoms with Gasteiger partial charge in [-0.15, -0.1) is 0 Å². The monoisotopic (exact) mass is 373 g/mol. The van der Waals surface area contributed by atoms with Gasteiger partial charge in [-0.1, -0.05) is 33.8 Å². The van der Waals surface area contributed by atoms with Crippen LogP contribution in [0.3, 0.4) is 0 Å². The number of phenols is 1. The van der Waals surface area contributed by atoms with Crippen LogP contribution in [0, 0.1) is 20.8 Å². The van der Waals surface area contributed by atoms with E-state index in [-0.39, 0.29) is 17.2 Å². The molecule has 2 aromatic rings. The van der Waals surface area contributed by atoms with E-state index >= 15 is 0 Å². The first kappa shape index (κ1) is 24.1. The predicted octanol–water partition coefficient (Wildman–Crippen LogP) is 4.38. The van der Waals surface area contributed by atoms with Crippen LogP contribution in [0.5, 0.6) is 5.75 Å². The molecule has 2 rings (SSSR count). The van der Waals surface area contributed by atoms with E-state index < -0.39 is 5.91 Å². The van der Waals surface area contributed by atoms with Gasteiger partial charge in [0.05, 0.1) is 5.56 Å². The molecule has 1 aromatic carbocycles. The predicted molar refractivity (Wildman–Crippen MR) is 111 cm³/mol. The van der Waals surface area contributed by atoms with Crippen LogP contribution in [-0.2, 0) is 0 Å². The highest BCUT2D eigenvalue weighted by Gasteiger charge is 2.17. The number of pyridine rings is 1. The number of aromatic hydroxyl groups is 1. The number of nitrogens with zero attached hydrogens (tertiary/aromatic N) is 1. The molecule has 6 nitrogen and oxygen atoms in total. The lowest BCUT2D eigenvalue weighted by Gasteiger charge is -2.12. The minimum absolute atomic E-state index is 0.0526. The van der Waals surface area contributed by atoms with Gasteiger partial charge in [0.15, 0.2) is 0 Å². The van der Waals surface area contributed by atoms with Crippen LogP contribution in [0.25, 0.3) is 0 Å². The molecule has 3 N–H and O–H groups in total. The molecular formula is C21H31N3O3. The van der Waals surface area contributed by atoms with Crippen molar-refractivity contribution in [1.82, 2.24) is 10.3 Å². The zero-order valence-electron chi connectivity index (χ0n) is 17.5. The maximum atomic E-state index is 12.5. The van der Waals surface area contributed by atoms with Gasteiger partial charge in [-0.3, -0.25) is 9.59 Å². The summed E-state index contributed by atoms with van der Waals surface area (Å²) in [7, 11) is 1.46. The number of aryl methyl sites for hydroxylation is 3. The highest BCUT2D eigenvalue weighted by molar-refractivity contribution is 6.07. The van der Waals surface area contributed by atoms with Crippen LogP contribution in [0.15, 0.2) is 24.4 Å². The van der Waals surface area contributed by atoms with Gasteiger partial charge in [0.2, 0.25) is 0 Å². The Morgan fingerprint density at radius 3 is 2.00 bits per heavy atom. The number of aromatic nitrogens is 1. The summed E-state index contributed by atoms with van der Waals surface area (Å²) in [6.45, 7) is 13.5.